The lowest BCUT2D eigenvalue weighted by molar-refractivity contribution is 0.625. The molecule has 3 N–H and O–H groups in total. The van der Waals surface area contributed by atoms with Crippen molar-refractivity contribution < 1.29 is 4.55 Å². The second-order valence-electron chi connectivity index (χ2n) is 1.89. The highest BCUT2D eigenvalue weighted by molar-refractivity contribution is 8.27. The van der Waals surface area contributed by atoms with Crippen LogP contribution < -0.4 is 5.14 Å². The molecule has 0 saturated carbocycles. The number of rotatable bonds is 3. The van der Waals surface area contributed by atoms with Gasteiger partial charge in [-0.15, -0.1) is 0 Å². The van der Waals surface area contributed by atoms with E-state index in [9.17, 15) is 4.55 Å². The van der Waals surface area contributed by atoms with Crippen molar-refractivity contribution in [3.63, 3.8) is 0 Å². The molecule has 0 aromatic carbocycles. The zero-order chi connectivity index (χ0) is 6.62. The Morgan fingerprint density at radius 1 is 1.50 bits per heavy atom. The number of hydrogen-bond acceptors (Lipinski definition) is 2. The van der Waals surface area contributed by atoms with Crippen LogP contribution in [-0.2, 0) is 0 Å². The van der Waals surface area contributed by atoms with E-state index in [1.54, 1.807) is 0 Å². The predicted octanol–water partition coefficient (Wildman–Crippen LogP) is 1.57. The molecule has 0 aromatic heterocycles. The van der Waals surface area contributed by atoms with Crippen molar-refractivity contribution >= 4 is 10.5 Å². The second-order valence-corrected chi connectivity index (χ2v) is 4.68. The lowest BCUT2D eigenvalue weighted by atomic mass is 10.6. The largest absolute Gasteiger partial charge is 0.339 e. The van der Waals surface area contributed by atoms with Crippen LogP contribution in [-0.4, -0.2) is 16.1 Å². The first-order valence-electron chi connectivity index (χ1n) is 2.91. The zero-order valence-corrected chi connectivity index (χ0v) is 6.37. The average molecular weight is 137 g/mol. The molecular weight excluding hydrogens is 122 g/mol. The molecule has 52 valence electrons. The molecule has 0 aromatic rings. The maximum atomic E-state index is 9.18. The molecule has 0 aliphatic carbocycles. The van der Waals surface area contributed by atoms with E-state index in [0.29, 0.717) is 0 Å². The van der Waals surface area contributed by atoms with Crippen molar-refractivity contribution in [1.29, 1.82) is 0 Å². The summed E-state index contributed by atoms with van der Waals surface area (Å²) in [4.78, 5) is 0. The molecule has 1 unspecified atom stereocenters. The molecule has 0 rings (SSSR count). The highest BCUT2D eigenvalue weighted by Gasteiger charge is 2.07. The van der Waals surface area contributed by atoms with Gasteiger partial charge in [0.15, 0.2) is 0 Å². The molecule has 0 bridgehead atoms. The lowest BCUT2D eigenvalue weighted by Crippen LogP contribution is -2.15. The standard InChI is InChI=1S/C5H15NOS/c1-3-5-8(6,7)4-2/h7H,3-6H2,1-2H3. The minimum Gasteiger partial charge on any atom is -0.339 e. The quantitative estimate of drug-likeness (QED) is 0.620. The van der Waals surface area contributed by atoms with Crippen LogP contribution in [0.5, 0.6) is 0 Å². The normalized spacial score (nSPS) is 22.0. The molecule has 0 aliphatic rings. The Morgan fingerprint density at radius 2 is 2.00 bits per heavy atom. The fourth-order valence-electron chi connectivity index (χ4n) is 0.498. The molecule has 1 atom stereocenters. The van der Waals surface area contributed by atoms with E-state index in [1.165, 1.54) is 0 Å². The van der Waals surface area contributed by atoms with E-state index >= 15 is 0 Å². The van der Waals surface area contributed by atoms with Gasteiger partial charge in [0.2, 0.25) is 0 Å². The van der Waals surface area contributed by atoms with Gasteiger partial charge < -0.3 is 4.55 Å². The predicted molar refractivity (Wildman–Crippen MR) is 40.1 cm³/mol. The van der Waals surface area contributed by atoms with Crippen LogP contribution in [0.1, 0.15) is 20.3 Å². The van der Waals surface area contributed by atoms with Crippen LogP contribution in [0.2, 0.25) is 0 Å². The van der Waals surface area contributed by atoms with Crippen molar-refractivity contribution in [3.05, 3.63) is 0 Å². The Bertz CT molecular complexity index is 65.4. The number of nitrogens with two attached hydrogens (primary N) is 1. The summed E-state index contributed by atoms with van der Waals surface area (Å²) in [5.41, 5.74) is 0. The maximum absolute atomic E-state index is 9.18. The topological polar surface area (TPSA) is 46.2 Å². The summed E-state index contributed by atoms with van der Waals surface area (Å²) in [7, 11) is -1.67. The van der Waals surface area contributed by atoms with Gasteiger partial charge in [-0.3, -0.25) is 5.14 Å². The van der Waals surface area contributed by atoms with Crippen LogP contribution in [0.15, 0.2) is 0 Å². The maximum Gasteiger partial charge on any atom is 0.0108 e. The van der Waals surface area contributed by atoms with Gasteiger partial charge in [0.05, 0.1) is 0 Å². The summed E-state index contributed by atoms with van der Waals surface area (Å²) in [6, 6.07) is 0. The van der Waals surface area contributed by atoms with Gasteiger partial charge in [0, 0.05) is 11.5 Å². The fourth-order valence-corrected chi connectivity index (χ4v) is 1.49. The van der Waals surface area contributed by atoms with Crippen molar-refractivity contribution in [2.24, 2.45) is 5.14 Å². The molecule has 0 radical (unpaired) electrons. The Kier molecular flexibility index (Phi) is 3.44. The van der Waals surface area contributed by atoms with Gasteiger partial charge in [0.25, 0.3) is 0 Å². The first kappa shape index (κ1) is 8.27. The molecule has 0 amide bonds. The molecule has 0 aliphatic heterocycles. The molecule has 3 heteroatoms. The van der Waals surface area contributed by atoms with Crippen molar-refractivity contribution in [2.45, 2.75) is 20.3 Å². The van der Waals surface area contributed by atoms with Gasteiger partial charge in [-0.1, -0.05) is 24.3 Å². The summed E-state index contributed by atoms with van der Waals surface area (Å²) in [5.74, 6) is 1.50. The summed E-state index contributed by atoms with van der Waals surface area (Å²) in [5, 5.41) is 5.47. The van der Waals surface area contributed by atoms with Crippen molar-refractivity contribution in [2.75, 3.05) is 11.5 Å². The van der Waals surface area contributed by atoms with Crippen LogP contribution in [0.25, 0.3) is 0 Å². The van der Waals surface area contributed by atoms with Crippen molar-refractivity contribution in [1.82, 2.24) is 0 Å². The Balaban J connectivity index is 3.37. The molecule has 0 saturated heterocycles. The van der Waals surface area contributed by atoms with E-state index in [1.807, 2.05) is 13.8 Å². The molecule has 0 spiro atoms. The highest BCUT2D eigenvalue weighted by Crippen LogP contribution is 2.33. The Labute approximate surface area is 52.7 Å². The molecule has 0 heterocycles. The smallest absolute Gasteiger partial charge is 0.0108 e. The zero-order valence-electron chi connectivity index (χ0n) is 5.55. The van der Waals surface area contributed by atoms with Gasteiger partial charge in [-0.25, -0.2) is 0 Å². The third-order valence-corrected chi connectivity index (χ3v) is 3.17. The molecule has 8 heavy (non-hydrogen) atoms. The van der Waals surface area contributed by atoms with Crippen LogP contribution >= 0.6 is 10.5 Å². The Hall–Kier alpha value is 0.270. The fraction of sp³-hybridized carbons (Fsp3) is 1.00. The van der Waals surface area contributed by atoms with Gasteiger partial charge >= 0.3 is 0 Å². The second kappa shape index (κ2) is 3.33. The van der Waals surface area contributed by atoms with Crippen LogP contribution in [0, 0.1) is 0 Å². The molecular formula is C5H15NOS. The monoisotopic (exact) mass is 137 g/mol. The van der Waals surface area contributed by atoms with Crippen LogP contribution in [0.3, 0.4) is 0 Å². The van der Waals surface area contributed by atoms with Gasteiger partial charge in [-0.05, 0) is 6.42 Å². The first-order chi connectivity index (χ1) is 3.62. The average Bonchev–Trinajstić information content (AvgIpc) is 1.67. The van der Waals surface area contributed by atoms with E-state index in [-0.39, 0.29) is 0 Å². The van der Waals surface area contributed by atoms with Gasteiger partial charge in [-0.2, -0.15) is 0 Å². The third kappa shape index (κ3) is 3.29. The summed E-state index contributed by atoms with van der Waals surface area (Å²) in [6.07, 6.45) is 0.982. The summed E-state index contributed by atoms with van der Waals surface area (Å²) < 4.78 is 9.18. The number of hydrogen-bond donors (Lipinski definition) is 2. The SMILES string of the molecule is CCCS(N)(O)CC. The van der Waals surface area contributed by atoms with E-state index in [4.69, 9.17) is 5.14 Å². The Morgan fingerprint density at radius 3 is 2.12 bits per heavy atom. The summed E-state index contributed by atoms with van der Waals surface area (Å²) >= 11 is 0. The summed E-state index contributed by atoms with van der Waals surface area (Å²) in [6.45, 7) is 3.95. The minimum absolute atomic E-state index is 0.723. The van der Waals surface area contributed by atoms with Crippen LogP contribution in [0.4, 0.5) is 0 Å². The first-order valence-corrected chi connectivity index (χ1v) is 4.90. The molecule has 0 fully saturated rings. The van der Waals surface area contributed by atoms with E-state index in [0.717, 1.165) is 17.9 Å². The van der Waals surface area contributed by atoms with E-state index < -0.39 is 10.5 Å². The molecule has 2 nitrogen and oxygen atoms in total. The minimum atomic E-state index is -1.67. The van der Waals surface area contributed by atoms with Crippen molar-refractivity contribution in [3.8, 4) is 0 Å². The third-order valence-electron chi connectivity index (χ3n) is 1.06. The lowest BCUT2D eigenvalue weighted by Gasteiger charge is -2.25. The van der Waals surface area contributed by atoms with Gasteiger partial charge in [0.1, 0.15) is 0 Å². The van der Waals surface area contributed by atoms with E-state index in [2.05, 4.69) is 0 Å². The highest BCUT2D eigenvalue weighted by atomic mass is 32.3.